The first-order valence-corrected chi connectivity index (χ1v) is 9.79. The summed E-state index contributed by atoms with van der Waals surface area (Å²) in [6.07, 6.45) is 1.73. The molecule has 4 aromatic rings. The van der Waals surface area contributed by atoms with Gasteiger partial charge in [0.1, 0.15) is 17.3 Å². The van der Waals surface area contributed by atoms with E-state index in [0.29, 0.717) is 40.7 Å². The van der Waals surface area contributed by atoms with Crippen LogP contribution in [-0.2, 0) is 0 Å². The average molecular weight is 411 g/mol. The van der Waals surface area contributed by atoms with Crippen LogP contribution in [0.5, 0.6) is 11.5 Å². The fraction of sp³-hybridized carbons (Fsp3) is 0.0417. The zero-order valence-corrected chi connectivity index (χ0v) is 16.4. The van der Waals surface area contributed by atoms with Gasteiger partial charge in [0.15, 0.2) is 5.49 Å². The monoisotopic (exact) mass is 411 g/mol. The molecule has 0 unspecified atom stereocenters. The summed E-state index contributed by atoms with van der Waals surface area (Å²) in [7, 11) is 0. The number of nitrogens with zero attached hydrogens (tertiary/aromatic N) is 4. The van der Waals surface area contributed by atoms with Gasteiger partial charge in [0, 0.05) is 23.9 Å². The van der Waals surface area contributed by atoms with Gasteiger partial charge in [-0.25, -0.2) is 14.1 Å². The highest BCUT2D eigenvalue weighted by Crippen LogP contribution is 2.26. The SMILES string of the molecule is Fc1cccc(-c2cc(=Nc3cccc(Oc4ccccc4)c3)nc3n2N=CCN3)c1. The third-order valence-corrected chi connectivity index (χ3v) is 4.62. The van der Waals surface area contributed by atoms with Gasteiger partial charge in [-0.2, -0.15) is 10.1 Å². The molecule has 3 aromatic carbocycles. The van der Waals surface area contributed by atoms with Crippen molar-refractivity contribution in [3.8, 4) is 22.8 Å². The van der Waals surface area contributed by atoms with Gasteiger partial charge < -0.3 is 10.1 Å². The van der Waals surface area contributed by atoms with E-state index >= 15 is 0 Å². The van der Waals surface area contributed by atoms with Crippen molar-refractivity contribution in [1.29, 1.82) is 0 Å². The fourth-order valence-corrected chi connectivity index (χ4v) is 3.26. The Balaban J connectivity index is 1.57. The number of rotatable bonds is 4. The normalized spacial score (nSPS) is 12.9. The summed E-state index contributed by atoms with van der Waals surface area (Å²) in [6.45, 7) is 0.555. The molecule has 152 valence electrons. The number of anilines is 1. The van der Waals surface area contributed by atoms with Crippen molar-refractivity contribution in [2.45, 2.75) is 0 Å². The molecule has 31 heavy (non-hydrogen) atoms. The van der Waals surface area contributed by atoms with E-state index in [0.717, 1.165) is 5.75 Å². The molecule has 5 rings (SSSR count). The summed E-state index contributed by atoms with van der Waals surface area (Å²) in [5.74, 6) is 1.65. The highest BCUT2D eigenvalue weighted by molar-refractivity contribution is 5.69. The van der Waals surface area contributed by atoms with Crippen molar-refractivity contribution < 1.29 is 9.13 Å². The highest BCUT2D eigenvalue weighted by Gasteiger charge is 2.13. The molecule has 6 nitrogen and oxygen atoms in total. The van der Waals surface area contributed by atoms with E-state index in [1.807, 2.05) is 60.7 Å². The first-order chi connectivity index (χ1) is 15.2. The molecule has 0 aliphatic carbocycles. The number of aromatic nitrogens is 2. The average Bonchev–Trinajstić information content (AvgIpc) is 2.79. The summed E-state index contributed by atoms with van der Waals surface area (Å²) in [4.78, 5) is 9.24. The van der Waals surface area contributed by atoms with E-state index in [4.69, 9.17) is 4.74 Å². The number of halogens is 1. The number of benzene rings is 3. The molecular weight excluding hydrogens is 393 g/mol. The van der Waals surface area contributed by atoms with Crippen molar-refractivity contribution in [2.75, 3.05) is 11.9 Å². The number of ether oxygens (including phenoxy) is 1. The number of fused-ring (bicyclic) bond motifs is 1. The second-order valence-corrected chi connectivity index (χ2v) is 6.85. The second kappa shape index (κ2) is 8.23. The molecule has 1 aliphatic heterocycles. The van der Waals surface area contributed by atoms with Gasteiger partial charge in [-0.1, -0.05) is 36.4 Å². The molecule has 1 N–H and O–H groups in total. The summed E-state index contributed by atoms with van der Waals surface area (Å²) >= 11 is 0. The third kappa shape index (κ3) is 4.20. The van der Waals surface area contributed by atoms with Crippen LogP contribution in [0.2, 0.25) is 0 Å². The van der Waals surface area contributed by atoms with Gasteiger partial charge in [0.2, 0.25) is 5.95 Å². The smallest absolute Gasteiger partial charge is 0.226 e. The Kier molecular flexibility index (Phi) is 4.98. The summed E-state index contributed by atoms with van der Waals surface area (Å²) in [5, 5.41) is 7.57. The quantitative estimate of drug-likeness (QED) is 0.516. The lowest BCUT2D eigenvalue weighted by atomic mass is 10.1. The maximum Gasteiger partial charge on any atom is 0.226 e. The zero-order chi connectivity index (χ0) is 21.0. The van der Waals surface area contributed by atoms with E-state index in [-0.39, 0.29) is 5.82 Å². The van der Waals surface area contributed by atoms with E-state index < -0.39 is 0 Å². The minimum Gasteiger partial charge on any atom is -0.457 e. The van der Waals surface area contributed by atoms with E-state index in [1.54, 1.807) is 23.0 Å². The Morgan fingerprint density at radius 3 is 2.61 bits per heavy atom. The van der Waals surface area contributed by atoms with Crippen molar-refractivity contribution in [1.82, 2.24) is 9.66 Å². The molecule has 0 atom stereocenters. The summed E-state index contributed by atoms with van der Waals surface area (Å²) in [5.41, 5.74) is 2.54. The van der Waals surface area contributed by atoms with Crippen molar-refractivity contribution in [3.05, 3.63) is 96.2 Å². The number of hydrogen-bond donors (Lipinski definition) is 1. The van der Waals surface area contributed by atoms with Crippen LogP contribution >= 0.6 is 0 Å². The fourth-order valence-electron chi connectivity index (χ4n) is 3.26. The Labute approximate surface area is 178 Å². The van der Waals surface area contributed by atoms with Crippen molar-refractivity contribution in [3.63, 3.8) is 0 Å². The maximum absolute atomic E-state index is 13.8. The van der Waals surface area contributed by atoms with Gasteiger partial charge in [0.25, 0.3) is 0 Å². The van der Waals surface area contributed by atoms with E-state index in [2.05, 4.69) is 20.4 Å². The van der Waals surface area contributed by atoms with Gasteiger partial charge in [-0.15, -0.1) is 0 Å². The Hall–Kier alpha value is -4.26. The molecule has 0 amide bonds. The molecule has 1 aromatic heterocycles. The lowest BCUT2D eigenvalue weighted by Gasteiger charge is -2.17. The zero-order valence-electron chi connectivity index (χ0n) is 16.4. The van der Waals surface area contributed by atoms with Crippen molar-refractivity contribution in [2.24, 2.45) is 10.1 Å². The predicted octanol–water partition coefficient (Wildman–Crippen LogP) is 4.97. The largest absolute Gasteiger partial charge is 0.457 e. The minimum atomic E-state index is -0.319. The Morgan fingerprint density at radius 2 is 1.74 bits per heavy atom. The van der Waals surface area contributed by atoms with E-state index in [9.17, 15) is 4.39 Å². The number of para-hydroxylation sites is 1. The van der Waals surface area contributed by atoms with Gasteiger partial charge in [0.05, 0.1) is 17.9 Å². The molecular formula is C24H18FN5O. The lowest BCUT2D eigenvalue weighted by Crippen LogP contribution is -2.23. The highest BCUT2D eigenvalue weighted by atomic mass is 19.1. The van der Waals surface area contributed by atoms with E-state index in [1.165, 1.54) is 12.1 Å². The lowest BCUT2D eigenvalue weighted by molar-refractivity contribution is 0.483. The van der Waals surface area contributed by atoms with Crippen LogP contribution in [0.4, 0.5) is 16.0 Å². The first kappa shape index (κ1) is 18.7. The molecule has 0 saturated carbocycles. The van der Waals surface area contributed by atoms with Crippen molar-refractivity contribution >= 4 is 17.9 Å². The second-order valence-electron chi connectivity index (χ2n) is 6.85. The predicted molar refractivity (Wildman–Crippen MR) is 118 cm³/mol. The molecule has 0 radical (unpaired) electrons. The van der Waals surface area contributed by atoms with Crippen LogP contribution in [0.3, 0.4) is 0 Å². The summed E-state index contributed by atoms with van der Waals surface area (Å²) < 4.78 is 21.4. The molecule has 1 aliphatic rings. The van der Waals surface area contributed by atoms with Crippen LogP contribution in [0.1, 0.15) is 0 Å². The topological polar surface area (TPSA) is 63.8 Å². The van der Waals surface area contributed by atoms with Gasteiger partial charge in [-0.05, 0) is 36.4 Å². The Bertz CT molecular complexity index is 1330. The van der Waals surface area contributed by atoms with Crippen LogP contribution < -0.4 is 15.5 Å². The molecule has 0 bridgehead atoms. The van der Waals surface area contributed by atoms with Crippen LogP contribution in [0.25, 0.3) is 11.3 Å². The molecule has 2 heterocycles. The number of hydrogen-bond acceptors (Lipinski definition) is 5. The molecule has 7 heteroatoms. The Morgan fingerprint density at radius 1 is 0.903 bits per heavy atom. The van der Waals surface area contributed by atoms with Crippen LogP contribution in [0, 0.1) is 5.82 Å². The standard InChI is InChI=1S/C24H18FN5O/c25-18-7-4-6-17(14-18)22-16-23(29-24-26-12-13-27-30(22)24)28-19-8-5-11-21(15-19)31-20-9-2-1-3-10-20/h1-11,13-16H,12H2,(H,26,28,29). The third-order valence-electron chi connectivity index (χ3n) is 4.62. The van der Waals surface area contributed by atoms with Crippen LogP contribution in [-0.4, -0.2) is 22.4 Å². The van der Waals surface area contributed by atoms with Gasteiger partial charge >= 0.3 is 0 Å². The van der Waals surface area contributed by atoms with Crippen LogP contribution in [0.15, 0.2) is 95.0 Å². The molecule has 0 spiro atoms. The summed E-state index contributed by atoms with van der Waals surface area (Å²) in [6, 6.07) is 25.2. The molecule has 0 fully saturated rings. The molecule has 0 saturated heterocycles. The minimum absolute atomic E-state index is 0.319. The maximum atomic E-state index is 13.8. The van der Waals surface area contributed by atoms with Gasteiger partial charge in [-0.3, -0.25) is 0 Å². The first-order valence-electron chi connectivity index (χ1n) is 9.79. The number of nitrogens with one attached hydrogen (secondary N) is 1.